The lowest BCUT2D eigenvalue weighted by atomic mass is 9.79. The highest BCUT2D eigenvalue weighted by atomic mass is 16.5. The predicted octanol–water partition coefficient (Wildman–Crippen LogP) is 2.51. The molecule has 1 N–H and O–H groups in total. The number of likely N-dealkylation sites (tertiary alicyclic amines) is 1. The molecule has 2 saturated heterocycles. The number of nitrogens with one attached hydrogen (secondary N) is 1. The molecule has 2 heterocycles. The lowest BCUT2D eigenvalue weighted by Crippen LogP contribution is -2.48. The molecule has 0 amide bonds. The first-order valence-electron chi connectivity index (χ1n) is 8.70. The topological polar surface area (TPSA) is 24.5 Å². The SMILES string of the molecule is CC(C)NCC1(CN2CC3CCCC3C2)CCOCC1. The summed E-state index contributed by atoms with van der Waals surface area (Å²) in [6.45, 7) is 11.6. The molecule has 20 heavy (non-hydrogen) atoms. The molecule has 3 aliphatic rings. The predicted molar refractivity (Wildman–Crippen MR) is 82.9 cm³/mol. The standard InChI is InChI=1S/C17H32N2O/c1-14(2)18-12-17(6-8-20-9-7-17)13-19-10-15-4-3-5-16(15)11-19/h14-16,18H,3-13H2,1-2H3. The van der Waals surface area contributed by atoms with Crippen LogP contribution in [0.1, 0.15) is 46.0 Å². The van der Waals surface area contributed by atoms with Crippen LogP contribution in [0.25, 0.3) is 0 Å². The first kappa shape index (κ1) is 14.8. The van der Waals surface area contributed by atoms with E-state index in [1.807, 2.05) is 0 Å². The quantitative estimate of drug-likeness (QED) is 0.837. The van der Waals surface area contributed by atoms with E-state index in [2.05, 4.69) is 24.1 Å². The van der Waals surface area contributed by atoms with Gasteiger partial charge in [-0.15, -0.1) is 0 Å². The molecule has 3 fully saturated rings. The summed E-state index contributed by atoms with van der Waals surface area (Å²) in [5.41, 5.74) is 0.459. The van der Waals surface area contributed by atoms with Gasteiger partial charge in [-0.3, -0.25) is 0 Å². The first-order chi connectivity index (χ1) is 9.67. The van der Waals surface area contributed by atoms with Gasteiger partial charge in [0.25, 0.3) is 0 Å². The highest BCUT2D eigenvalue weighted by molar-refractivity contribution is 4.94. The lowest BCUT2D eigenvalue weighted by molar-refractivity contribution is -0.00285. The summed E-state index contributed by atoms with van der Waals surface area (Å²) in [5, 5.41) is 3.70. The second-order valence-corrected chi connectivity index (χ2v) is 7.79. The third-order valence-corrected chi connectivity index (χ3v) is 5.80. The van der Waals surface area contributed by atoms with Crippen LogP contribution in [0.15, 0.2) is 0 Å². The zero-order valence-electron chi connectivity index (χ0n) is 13.4. The number of nitrogens with zero attached hydrogens (tertiary/aromatic N) is 1. The minimum atomic E-state index is 0.459. The van der Waals surface area contributed by atoms with Gasteiger partial charge < -0.3 is 15.0 Å². The molecule has 1 saturated carbocycles. The van der Waals surface area contributed by atoms with Crippen LogP contribution < -0.4 is 5.32 Å². The molecule has 0 bridgehead atoms. The summed E-state index contributed by atoms with van der Waals surface area (Å²) in [4.78, 5) is 2.78. The van der Waals surface area contributed by atoms with Crippen LogP contribution in [0, 0.1) is 17.3 Å². The Bertz CT molecular complexity index is 300. The third kappa shape index (κ3) is 3.37. The normalized spacial score (nSPS) is 33.8. The Morgan fingerprint density at radius 1 is 1.15 bits per heavy atom. The number of hydrogen-bond donors (Lipinski definition) is 1. The van der Waals surface area contributed by atoms with Crippen molar-refractivity contribution in [1.29, 1.82) is 0 Å². The molecule has 2 unspecified atom stereocenters. The van der Waals surface area contributed by atoms with Gasteiger partial charge >= 0.3 is 0 Å². The van der Waals surface area contributed by atoms with Crippen molar-refractivity contribution in [2.24, 2.45) is 17.3 Å². The maximum absolute atomic E-state index is 5.62. The second-order valence-electron chi connectivity index (χ2n) is 7.79. The fourth-order valence-corrected chi connectivity index (χ4v) is 4.55. The van der Waals surface area contributed by atoms with Gasteiger partial charge in [0.2, 0.25) is 0 Å². The highest BCUT2D eigenvalue weighted by Crippen LogP contribution is 2.40. The fraction of sp³-hybridized carbons (Fsp3) is 1.00. The highest BCUT2D eigenvalue weighted by Gasteiger charge is 2.40. The molecule has 0 aromatic carbocycles. The van der Waals surface area contributed by atoms with Crippen molar-refractivity contribution >= 4 is 0 Å². The first-order valence-corrected chi connectivity index (χ1v) is 8.70. The van der Waals surface area contributed by atoms with E-state index in [9.17, 15) is 0 Å². The molecule has 116 valence electrons. The van der Waals surface area contributed by atoms with E-state index in [0.717, 1.165) is 25.0 Å². The Labute approximate surface area is 124 Å². The molecule has 3 nitrogen and oxygen atoms in total. The van der Waals surface area contributed by atoms with Crippen LogP contribution in [0.4, 0.5) is 0 Å². The summed E-state index contributed by atoms with van der Waals surface area (Å²) >= 11 is 0. The number of hydrogen-bond acceptors (Lipinski definition) is 3. The molecule has 0 spiro atoms. The van der Waals surface area contributed by atoms with Crippen molar-refractivity contribution < 1.29 is 4.74 Å². The second kappa shape index (κ2) is 6.33. The zero-order valence-corrected chi connectivity index (χ0v) is 13.4. The van der Waals surface area contributed by atoms with Crippen LogP contribution in [-0.4, -0.2) is 50.3 Å². The monoisotopic (exact) mass is 280 g/mol. The van der Waals surface area contributed by atoms with Crippen molar-refractivity contribution in [2.75, 3.05) is 39.4 Å². The largest absolute Gasteiger partial charge is 0.381 e. The van der Waals surface area contributed by atoms with Crippen LogP contribution in [0.3, 0.4) is 0 Å². The summed E-state index contributed by atoms with van der Waals surface area (Å²) in [5.74, 6) is 2.04. The molecule has 3 heteroatoms. The average molecular weight is 280 g/mol. The van der Waals surface area contributed by atoms with Crippen LogP contribution in [-0.2, 0) is 4.74 Å². The Balaban J connectivity index is 1.58. The van der Waals surface area contributed by atoms with E-state index in [-0.39, 0.29) is 0 Å². The van der Waals surface area contributed by atoms with Crippen LogP contribution in [0.2, 0.25) is 0 Å². The maximum Gasteiger partial charge on any atom is 0.0472 e. The number of rotatable bonds is 5. The van der Waals surface area contributed by atoms with E-state index < -0.39 is 0 Å². The molecular formula is C17H32N2O. The zero-order chi connectivity index (χ0) is 14.0. The summed E-state index contributed by atoms with van der Waals surface area (Å²) in [7, 11) is 0. The average Bonchev–Trinajstić information content (AvgIpc) is 2.98. The molecule has 0 aromatic rings. The molecule has 0 radical (unpaired) electrons. The Morgan fingerprint density at radius 3 is 2.40 bits per heavy atom. The van der Waals surface area contributed by atoms with Gasteiger partial charge in [-0.1, -0.05) is 20.3 Å². The van der Waals surface area contributed by atoms with Crippen LogP contribution >= 0.6 is 0 Å². The van der Waals surface area contributed by atoms with Crippen molar-refractivity contribution in [3.63, 3.8) is 0 Å². The van der Waals surface area contributed by atoms with Gasteiger partial charge in [-0.2, -0.15) is 0 Å². The molecule has 2 atom stereocenters. The smallest absolute Gasteiger partial charge is 0.0472 e. The lowest BCUT2D eigenvalue weighted by Gasteiger charge is -2.41. The van der Waals surface area contributed by atoms with Crippen molar-refractivity contribution in [1.82, 2.24) is 10.2 Å². The number of ether oxygens (including phenoxy) is 1. The molecule has 1 aliphatic carbocycles. The molecular weight excluding hydrogens is 248 g/mol. The van der Waals surface area contributed by atoms with E-state index in [1.165, 1.54) is 58.3 Å². The summed E-state index contributed by atoms with van der Waals surface area (Å²) in [6.07, 6.45) is 6.93. The van der Waals surface area contributed by atoms with Crippen LogP contribution in [0.5, 0.6) is 0 Å². The minimum absolute atomic E-state index is 0.459. The van der Waals surface area contributed by atoms with E-state index in [0.29, 0.717) is 11.5 Å². The van der Waals surface area contributed by atoms with Crippen molar-refractivity contribution in [3.8, 4) is 0 Å². The molecule has 3 rings (SSSR count). The summed E-state index contributed by atoms with van der Waals surface area (Å²) < 4.78 is 5.62. The van der Waals surface area contributed by atoms with Gasteiger partial charge in [0.15, 0.2) is 0 Å². The van der Waals surface area contributed by atoms with Gasteiger partial charge in [0, 0.05) is 45.4 Å². The van der Waals surface area contributed by atoms with E-state index in [1.54, 1.807) is 0 Å². The third-order valence-electron chi connectivity index (χ3n) is 5.80. The van der Waals surface area contributed by atoms with Gasteiger partial charge in [0.1, 0.15) is 0 Å². The van der Waals surface area contributed by atoms with Crippen molar-refractivity contribution in [3.05, 3.63) is 0 Å². The number of fused-ring (bicyclic) bond motifs is 1. The Morgan fingerprint density at radius 2 is 1.80 bits per heavy atom. The minimum Gasteiger partial charge on any atom is -0.381 e. The van der Waals surface area contributed by atoms with E-state index in [4.69, 9.17) is 4.74 Å². The maximum atomic E-state index is 5.62. The van der Waals surface area contributed by atoms with Gasteiger partial charge in [0.05, 0.1) is 0 Å². The van der Waals surface area contributed by atoms with Gasteiger partial charge in [-0.25, -0.2) is 0 Å². The Hall–Kier alpha value is -0.120. The van der Waals surface area contributed by atoms with Crippen molar-refractivity contribution in [2.45, 2.75) is 52.0 Å². The summed E-state index contributed by atoms with van der Waals surface area (Å²) in [6, 6.07) is 0.590. The van der Waals surface area contributed by atoms with E-state index >= 15 is 0 Å². The Kier molecular flexibility index (Phi) is 4.68. The molecule has 2 aliphatic heterocycles. The van der Waals surface area contributed by atoms with Gasteiger partial charge in [-0.05, 0) is 42.9 Å². The molecule has 0 aromatic heterocycles. The fourth-order valence-electron chi connectivity index (χ4n) is 4.55.